The number of imidazole rings is 1. The van der Waals surface area contributed by atoms with Gasteiger partial charge in [0.2, 0.25) is 5.91 Å². The smallest absolute Gasteiger partial charge is 0.332 e. The first-order chi connectivity index (χ1) is 15.5. The SMILES string of the molecule is CCC(C=O)NC(=O)C(C)(C)Sc1nc2c(c(=O)n(C)c(=O)n2C)n1Cc1cccc(Br)c1. The first-order valence-electron chi connectivity index (χ1n) is 10.4. The molecule has 33 heavy (non-hydrogen) atoms. The number of aromatic nitrogens is 4. The van der Waals surface area contributed by atoms with Crippen molar-refractivity contribution < 1.29 is 9.59 Å². The van der Waals surface area contributed by atoms with E-state index in [1.165, 1.54) is 23.4 Å². The number of amides is 1. The minimum atomic E-state index is -1.00. The van der Waals surface area contributed by atoms with Gasteiger partial charge in [-0.1, -0.05) is 46.7 Å². The number of rotatable bonds is 8. The van der Waals surface area contributed by atoms with Crippen molar-refractivity contribution in [2.45, 2.75) is 49.7 Å². The van der Waals surface area contributed by atoms with Gasteiger partial charge in [0, 0.05) is 18.6 Å². The second-order valence-corrected chi connectivity index (χ2v) is 10.7. The Hall–Kier alpha value is -2.66. The Labute approximate surface area is 203 Å². The van der Waals surface area contributed by atoms with Gasteiger partial charge in [0.15, 0.2) is 16.3 Å². The molecule has 0 bridgehead atoms. The third-order valence-corrected chi connectivity index (χ3v) is 7.04. The molecule has 3 aromatic rings. The summed E-state index contributed by atoms with van der Waals surface area (Å²) in [6, 6.07) is 7.07. The second-order valence-electron chi connectivity index (χ2n) is 8.23. The van der Waals surface area contributed by atoms with Gasteiger partial charge in [-0.3, -0.25) is 18.7 Å². The fraction of sp³-hybridized carbons (Fsp3) is 0.409. The lowest BCUT2D eigenvalue weighted by Crippen LogP contribution is -2.45. The molecule has 11 heteroatoms. The van der Waals surface area contributed by atoms with Gasteiger partial charge < -0.3 is 14.7 Å². The number of halogens is 1. The first-order valence-corrected chi connectivity index (χ1v) is 12.0. The monoisotopic (exact) mass is 535 g/mol. The molecule has 0 aliphatic carbocycles. The van der Waals surface area contributed by atoms with Crippen LogP contribution in [-0.4, -0.2) is 41.7 Å². The molecule has 2 heterocycles. The average Bonchev–Trinajstić information content (AvgIpc) is 3.11. The van der Waals surface area contributed by atoms with Crippen molar-refractivity contribution in [1.82, 2.24) is 24.0 Å². The predicted molar refractivity (Wildman–Crippen MR) is 132 cm³/mol. The van der Waals surface area contributed by atoms with Crippen LogP contribution in [-0.2, 0) is 30.2 Å². The van der Waals surface area contributed by atoms with Crippen LogP contribution in [0.25, 0.3) is 11.2 Å². The second kappa shape index (κ2) is 9.68. The van der Waals surface area contributed by atoms with Gasteiger partial charge in [-0.25, -0.2) is 9.78 Å². The third kappa shape index (κ3) is 4.98. The van der Waals surface area contributed by atoms with Gasteiger partial charge in [-0.2, -0.15) is 0 Å². The van der Waals surface area contributed by atoms with Crippen LogP contribution < -0.4 is 16.6 Å². The molecule has 1 unspecified atom stereocenters. The predicted octanol–water partition coefficient (Wildman–Crippen LogP) is 2.21. The number of thioether (sulfide) groups is 1. The van der Waals surface area contributed by atoms with Crippen LogP contribution in [0.2, 0.25) is 0 Å². The Kier molecular flexibility index (Phi) is 7.32. The number of nitrogens with one attached hydrogen (secondary N) is 1. The molecule has 1 N–H and O–H groups in total. The van der Waals surface area contributed by atoms with E-state index in [0.717, 1.165) is 14.6 Å². The zero-order chi connectivity index (χ0) is 24.5. The topological polar surface area (TPSA) is 108 Å². The fourth-order valence-electron chi connectivity index (χ4n) is 3.32. The molecule has 9 nitrogen and oxygen atoms in total. The zero-order valence-corrected chi connectivity index (χ0v) is 21.5. The van der Waals surface area contributed by atoms with Gasteiger partial charge in [0.25, 0.3) is 5.56 Å². The summed E-state index contributed by atoms with van der Waals surface area (Å²) in [7, 11) is 2.98. The molecule has 0 aliphatic rings. The number of aryl methyl sites for hydroxylation is 1. The number of hydrogen-bond acceptors (Lipinski definition) is 6. The van der Waals surface area contributed by atoms with E-state index in [-0.39, 0.29) is 17.1 Å². The zero-order valence-electron chi connectivity index (χ0n) is 19.1. The number of carbonyl (C=O) groups excluding carboxylic acids is 2. The number of nitrogens with zero attached hydrogens (tertiary/aromatic N) is 4. The molecule has 176 valence electrons. The summed E-state index contributed by atoms with van der Waals surface area (Å²) < 4.78 is 3.99. The number of benzene rings is 1. The number of fused-ring (bicyclic) bond motifs is 1. The van der Waals surface area contributed by atoms with Gasteiger partial charge in [-0.15, -0.1) is 0 Å². The number of hydrogen-bond donors (Lipinski definition) is 1. The molecule has 1 aromatic carbocycles. The van der Waals surface area contributed by atoms with Crippen LogP contribution in [0.3, 0.4) is 0 Å². The molecule has 3 rings (SSSR count). The van der Waals surface area contributed by atoms with E-state index in [2.05, 4.69) is 26.2 Å². The molecular formula is C22H26BrN5O4S. The van der Waals surface area contributed by atoms with E-state index in [9.17, 15) is 19.2 Å². The van der Waals surface area contributed by atoms with E-state index >= 15 is 0 Å². The van der Waals surface area contributed by atoms with Crippen molar-refractivity contribution in [3.8, 4) is 0 Å². The van der Waals surface area contributed by atoms with Crippen LogP contribution in [0.5, 0.6) is 0 Å². The highest BCUT2D eigenvalue weighted by atomic mass is 79.9. The normalized spacial score (nSPS) is 12.7. The van der Waals surface area contributed by atoms with Gasteiger partial charge in [0.1, 0.15) is 6.29 Å². The van der Waals surface area contributed by atoms with Crippen LogP contribution in [0, 0.1) is 0 Å². The van der Waals surface area contributed by atoms with E-state index in [1.54, 1.807) is 25.5 Å². The molecule has 1 amide bonds. The Balaban J connectivity index is 2.16. The van der Waals surface area contributed by atoms with Crippen LogP contribution in [0.4, 0.5) is 0 Å². The van der Waals surface area contributed by atoms with E-state index in [0.29, 0.717) is 24.4 Å². The van der Waals surface area contributed by atoms with E-state index < -0.39 is 22.0 Å². The molecule has 0 spiro atoms. The third-order valence-electron chi connectivity index (χ3n) is 5.36. The molecule has 2 aromatic heterocycles. The molecular weight excluding hydrogens is 510 g/mol. The Morgan fingerprint density at radius 2 is 1.97 bits per heavy atom. The lowest BCUT2D eigenvalue weighted by Gasteiger charge is -2.24. The summed E-state index contributed by atoms with van der Waals surface area (Å²) in [5.41, 5.74) is 0.492. The average molecular weight is 536 g/mol. The van der Waals surface area contributed by atoms with Gasteiger partial charge in [0.05, 0.1) is 17.3 Å². The van der Waals surface area contributed by atoms with Crippen molar-refractivity contribution in [3.05, 3.63) is 55.1 Å². The van der Waals surface area contributed by atoms with E-state index in [1.807, 2.05) is 31.2 Å². The highest BCUT2D eigenvalue weighted by Gasteiger charge is 2.33. The van der Waals surface area contributed by atoms with Crippen molar-refractivity contribution in [2.24, 2.45) is 14.1 Å². The van der Waals surface area contributed by atoms with Crippen molar-refractivity contribution in [1.29, 1.82) is 0 Å². The lowest BCUT2D eigenvalue weighted by molar-refractivity contribution is -0.125. The lowest BCUT2D eigenvalue weighted by atomic mass is 10.1. The Morgan fingerprint density at radius 3 is 2.58 bits per heavy atom. The Morgan fingerprint density at radius 1 is 1.27 bits per heavy atom. The maximum absolute atomic E-state index is 13.1. The highest BCUT2D eigenvalue weighted by molar-refractivity contribution is 9.10. The molecule has 0 radical (unpaired) electrons. The number of aldehydes is 1. The van der Waals surface area contributed by atoms with E-state index in [4.69, 9.17) is 0 Å². The summed E-state index contributed by atoms with van der Waals surface area (Å²) in [5, 5.41) is 3.16. The largest absolute Gasteiger partial charge is 0.345 e. The standard InChI is InChI=1S/C22H26BrN5O4S/c1-6-15(12-29)24-19(31)22(2,3)33-20-25-17-16(18(30)27(5)21(32)26(17)4)28(20)11-13-8-7-9-14(23)10-13/h7-10,12,15H,6,11H2,1-5H3,(H,24,31). The minimum absolute atomic E-state index is 0.246. The maximum atomic E-state index is 13.1. The van der Waals surface area contributed by atoms with Gasteiger partial charge in [-0.05, 0) is 38.0 Å². The molecule has 1 atom stereocenters. The quantitative estimate of drug-likeness (QED) is 0.350. The van der Waals surface area contributed by atoms with Crippen molar-refractivity contribution in [3.63, 3.8) is 0 Å². The van der Waals surface area contributed by atoms with Crippen molar-refractivity contribution in [2.75, 3.05) is 0 Å². The van der Waals surface area contributed by atoms with Crippen LogP contribution >= 0.6 is 27.7 Å². The summed E-state index contributed by atoms with van der Waals surface area (Å²) in [4.78, 5) is 54.2. The van der Waals surface area contributed by atoms with Crippen LogP contribution in [0.15, 0.2) is 43.5 Å². The summed E-state index contributed by atoms with van der Waals surface area (Å²) >= 11 is 4.63. The van der Waals surface area contributed by atoms with Crippen molar-refractivity contribution >= 4 is 51.0 Å². The Bertz CT molecular complexity index is 1340. The maximum Gasteiger partial charge on any atom is 0.332 e. The molecule has 0 saturated carbocycles. The molecule has 0 aliphatic heterocycles. The van der Waals surface area contributed by atoms with Gasteiger partial charge >= 0.3 is 5.69 Å². The summed E-state index contributed by atoms with van der Waals surface area (Å²) in [5.74, 6) is -0.325. The minimum Gasteiger partial charge on any atom is -0.345 e. The fourth-order valence-corrected chi connectivity index (χ4v) is 4.77. The highest BCUT2D eigenvalue weighted by Crippen LogP contribution is 2.34. The first kappa shape index (κ1) is 25.0. The van der Waals surface area contributed by atoms with Crippen LogP contribution in [0.1, 0.15) is 32.8 Å². The summed E-state index contributed by atoms with van der Waals surface area (Å²) in [6.07, 6.45) is 1.19. The molecule has 0 fully saturated rings. The number of carbonyl (C=O) groups is 2. The molecule has 0 saturated heterocycles. The summed E-state index contributed by atoms with van der Waals surface area (Å²) in [6.45, 7) is 5.58.